The Morgan fingerprint density at radius 3 is 2.48 bits per heavy atom. The van der Waals surface area contributed by atoms with Crippen molar-refractivity contribution in [3.05, 3.63) is 111 Å². The van der Waals surface area contributed by atoms with Gasteiger partial charge >= 0.3 is 12.1 Å². The third-order valence-corrected chi connectivity index (χ3v) is 7.72. The maximum atomic E-state index is 13.5. The normalized spacial score (nSPS) is 11.5. The lowest BCUT2D eigenvalue weighted by Crippen LogP contribution is -2.19. The second-order valence-electron chi connectivity index (χ2n) is 9.66. The van der Waals surface area contributed by atoms with Crippen molar-refractivity contribution in [3.63, 3.8) is 0 Å². The van der Waals surface area contributed by atoms with Gasteiger partial charge in [-0.05, 0) is 67.1 Å². The first-order valence-electron chi connectivity index (χ1n) is 13.6. The van der Waals surface area contributed by atoms with E-state index >= 15 is 0 Å². The minimum absolute atomic E-state index is 0.00701. The summed E-state index contributed by atoms with van der Waals surface area (Å²) in [5.74, 6) is -0.893. The molecule has 0 saturated carbocycles. The van der Waals surface area contributed by atoms with Crippen molar-refractivity contribution >= 4 is 56.5 Å². The average Bonchev–Trinajstić information content (AvgIpc) is 3.44. The van der Waals surface area contributed by atoms with Crippen LogP contribution in [0.15, 0.2) is 88.4 Å². The molecule has 0 unspecified atom stereocenters. The summed E-state index contributed by atoms with van der Waals surface area (Å²) in [5, 5.41) is 5.22. The summed E-state index contributed by atoms with van der Waals surface area (Å²) in [6, 6.07) is 19.1. The fourth-order valence-corrected chi connectivity index (χ4v) is 5.43. The number of hydrazone groups is 1. The lowest BCUT2D eigenvalue weighted by Gasteiger charge is -2.12. The van der Waals surface area contributed by atoms with Crippen molar-refractivity contribution in [1.82, 2.24) is 10.4 Å². The number of aromatic nitrogens is 1. The van der Waals surface area contributed by atoms with E-state index in [0.717, 1.165) is 12.1 Å². The van der Waals surface area contributed by atoms with Gasteiger partial charge in [-0.15, -0.1) is 0 Å². The molecule has 8 nitrogen and oxygen atoms in total. The molecule has 0 radical (unpaired) electrons. The second-order valence-corrected chi connectivity index (χ2v) is 10.9. The molecule has 4 aromatic carbocycles. The van der Waals surface area contributed by atoms with Crippen molar-refractivity contribution in [3.8, 4) is 28.4 Å². The number of fused-ring (bicyclic) bond motifs is 1. The zero-order valence-electron chi connectivity index (χ0n) is 24.2. The summed E-state index contributed by atoms with van der Waals surface area (Å²) in [5.41, 5.74) is 3.67. The van der Waals surface area contributed by atoms with Gasteiger partial charge in [-0.3, -0.25) is 4.79 Å². The topological polar surface area (TPSA) is 102 Å². The van der Waals surface area contributed by atoms with Gasteiger partial charge in [-0.1, -0.05) is 51.8 Å². The Hall–Kier alpha value is -4.81. The first kappa shape index (κ1) is 32.6. The number of nitrogens with one attached hydrogen (secondary N) is 2. The highest BCUT2D eigenvalue weighted by molar-refractivity contribution is 9.10. The predicted octanol–water partition coefficient (Wildman–Crippen LogP) is 8.66. The van der Waals surface area contributed by atoms with Crippen LogP contribution in [0.3, 0.4) is 0 Å². The summed E-state index contributed by atoms with van der Waals surface area (Å²) < 4.78 is 56.5. The molecule has 5 rings (SSSR count). The Kier molecular flexibility index (Phi) is 9.68. The first-order chi connectivity index (χ1) is 22.0. The fraction of sp³-hybridized carbons (Fsp3) is 0.121. The SMILES string of the molecule is CCOc1cc(C=NNC(=O)c2[nH]c3c(OC)ccc(Br)c3c2-c2ccccc2Cl)ccc1OC(=O)c1cccc(C(F)(F)F)c1. The van der Waals surface area contributed by atoms with Gasteiger partial charge in [0.05, 0.1) is 36.6 Å². The number of carbonyl (C=O) groups is 2. The molecule has 0 saturated heterocycles. The number of methoxy groups -OCH3 is 1. The van der Waals surface area contributed by atoms with Crippen LogP contribution in [-0.2, 0) is 6.18 Å². The molecule has 1 amide bonds. The third-order valence-electron chi connectivity index (χ3n) is 6.73. The third kappa shape index (κ3) is 6.87. The van der Waals surface area contributed by atoms with Gasteiger partial charge in [0.2, 0.25) is 0 Å². The van der Waals surface area contributed by atoms with Gasteiger partial charge in [0.25, 0.3) is 5.91 Å². The maximum Gasteiger partial charge on any atom is 0.416 e. The Morgan fingerprint density at radius 2 is 1.76 bits per heavy atom. The lowest BCUT2D eigenvalue weighted by atomic mass is 10.0. The van der Waals surface area contributed by atoms with Crippen molar-refractivity contribution in [2.45, 2.75) is 13.1 Å². The number of halogens is 5. The summed E-state index contributed by atoms with van der Waals surface area (Å²) in [6.45, 7) is 1.92. The minimum atomic E-state index is -4.61. The molecule has 0 aliphatic carbocycles. The van der Waals surface area contributed by atoms with Gasteiger partial charge in [0, 0.05) is 26.0 Å². The molecule has 0 spiro atoms. The summed E-state index contributed by atoms with van der Waals surface area (Å²) in [4.78, 5) is 29.3. The van der Waals surface area contributed by atoms with Gasteiger partial charge in [-0.25, -0.2) is 10.2 Å². The molecule has 13 heteroatoms. The Labute approximate surface area is 274 Å². The van der Waals surface area contributed by atoms with Crippen molar-refractivity contribution in [2.75, 3.05) is 13.7 Å². The molecule has 1 aromatic heterocycles. The van der Waals surface area contributed by atoms with E-state index in [2.05, 4.69) is 31.4 Å². The van der Waals surface area contributed by atoms with Gasteiger partial charge in [0.15, 0.2) is 11.5 Å². The lowest BCUT2D eigenvalue weighted by molar-refractivity contribution is -0.137. The van der Waals surface area contributed by atoms with Crippen LogP contribution in [0.2, 0.25) is 5.02 Å². The van der Waals surface area contributed by atoms with Crippen LogP contribution in [0.4, 0.5) is 13.2 Å². The monoisotopic (exact) mass is 713 g/mol. The van der Waals surface area contributed by atoms with E-state index in [1.165, 1.54) is 37.6 Å². The Bertz CT molecular complexity index is 1980. The van der Waals surface area contributed by atoms with Gasteiger partial charge in [-0.2, -0.15) is 18.3 Å². The quantitative estimate of drug-likeness (QED) is 0.0689. The largest absolute Gasteiger partial charge is 0.495 e. The second kappa shape index (κ2) is 13.7. The smallest absolute Gasteiger partial charge is 0.416 e. The van der Waals surface area contributed by atoms with Crippen LogP contribution in [0.1, 0.15) is 38.9 Å². The zero-order chi connectivity index (χ0) is 33.0. The van der Waals surface area contributed by atoms with Crippen LogP contribution < -0.4 is 19.6 Å². The molecule has 236 valence electrons. The summed E-state index contributed by atoms with van der Waals surface area (Å²) >= 11 is 10.1. The van der Waals surface area contributed by atoms with E-state index in [4.69, 9.17) is 25.8 Å². The number of alkyl halides is 3. The molecule has 5 aromatic rings. The highest BCUT2D eigenvalue weighted by atomic mass is 79.9. The maximum absolute atomic E-state index is 13.5. The van der Waals surface area contributed by atoms with Gasteiger partial charge < -0.3 is 19.2 Å². The number of ether oxygens (including phenoxy) is 3. The van der Waals surface area contributed by atoms with E-state index in [1.54, 1.807) is 31.2 Å². The number of hydrogen-bond acceptors (Lipinski definition) is 6. The van der Waals surface area contributed by atoms with Gasteiger partial charge in [0.1, 0.15) is 11.4 Å². The molecular weight excluding hydrogens is 691 g/mol. The van der Waals surface area contributed by atoms with Crippen LogP contribution in [0.25, 0.3) is 22.0 Å². The van der Waals surface area contributed by atoms with Crippen LogP contribution in [-0.4, -0.2) is 36.8 Å². The van der Waals surface area contributed by atoms with E-state index in [0.29, 0.717) is 48.9 Å². The van der Waals surface area contributed by atoms with Crippen molar-refractivity contribution in [2.24, 2.45) is 5.10 Å². The molecule has 46 heavy (non-hydrogen) atoms. The number of benzene rings is 4. The number of esters is 1. The number of aromatic amines is 1. The van der Waals surface area contributed by atoms with Crippen LogP contribution >= 0.6 is 27.5 Å². The average molecular weight is 715 g/mol. The summed E-state index contributed by atoms with van der Waals surface area (Å²) in [7, 11) is 1.52. The standard InChI is InChI=1S/C33H24BrClF3N3O5/c1-3-45-26-15-18(11-13-24(26)46-32(43)19-7-6-8-20(16-19)33(36,37)38)17-39-41-31(42)30-27(21-9-4-5-10-23(21)35)28-22(34)12-14-25(44-2)29(28)40-30/h4-17,40H,3H2,1-2H3,(H,41,42). The number of rotatable bonds is 9. The predicted molar refractivity (Wildman–Crippen MR) is 172 cm³/mol. The van der Waals surface area contributed by atoms with E-state index in [9.17, 15) is 22.8 Å². The highest BCUT2D eigenvalue weighted by Gasteiger charge is 2.31. The zero-order valence-corrected chi connectivity index (χ0v) is 26.5. The van der Waals surface area contributed by atoms with Crippen LogP contribution in [0, 0.1) is 0 Å². The molecule has 0 atom stereocenters. The number of nitrogens with zero attached hydrogens (tertiary/aromatic N) is 1. The first-order valence-corrected chi connectivity index (χ1v) is 14.8. The Balaban J connectivity index is 1.40. The number of H-pyrrole nitrogens is 1. The highest BCUT2D eigenvalue weighted by Crippen LogP contribution is 2.43. The van der Waals surface area contributed by atoms with E-state index in [-0.39, 0.29) is 29.4 Å². The van der Waals surface area contributed by atoms with E-state index in [1.807, 2.05) is 12.1 Å². The number of hydrogen-bond donors (Lipinski definition) is 2. The summed E-state index contributed by atoms with van der Waals surface area (Å²) in [6.07, 6.45) is -3.26. The van der Waals surface area contributed by atoms with Crippen molar-refractivity contribution < 1.29 is 37.0 Å². The van der Waals surface area contributed by atoms with Crippen molar-refractivity contribution in [1.29, 1.82) is 0 Å². The fourth-order valence-electron chi connectivity index (χ4n) is 4.67. The molecule has 0 bridgehead atoms. The molecule has 0 aliphatic rings. The van der Waals surface area contributed by atoms with E-state index < -0.39 is 23.6 Å². The Morgan fingerprint density at radius 1 is 1.00 bits per heavy atom. The minimum Gasteiger partial charge on any atom is -0.495 e. The molecule has 2 N–H and O–H groups in total. The number of amides is 1. The number of carbonyl (C=O) groups excluding carboxylic acids is 2. The molecular formula is C33H24BrClF3N3O5. The molecule has 0 aliphatic heterocycles. The van der Waals surface area contributed by atoms with Crippen LogP contribution in [0.5, 0.6) is 17.2 Å². The molecule has 0 fully saturated rings. The molecule has 1 heterocycles.